The molecule has 1 saturated heterocycles. The molecule has 34 heavy (non-hydrogen) atoms. The third-order valence-corrected chi connectivity index (χ3v) is 6.02. The van der Waals surface area contributed by atoms with Crippen LogP contribution in [0.4, 0.5) is 9.18 Å². The van der Waals surface area contributed by atoms with Crippen LogP contribution in [-0.2, 0) is 17.9 Å². The minimum atomic E-state index is -0.423. The van der Waals surface area contributed by atoms with Gasteiger partial charge in [-0.1, -0.05) is 36.4 Å². The second-order valence-corrected chi connectivity index (χ2v) is 8.36. The van der Waals surface area contributed by atoms with Crippen LogP contribution in [-0.4, -0.2) is 23.2 Å². The third-order valence-electron chi connectivity index (χ3n) is 5.11. The summed E-state index contributed by atoms with van der Waals surface area (Å²) in [5, 5.41) is 8.87. The van der Waals surface area contributed by atoms with Gasteiger partial charge in [0.1, 0.15) is 12.4 Å². The summed E-state index contributed by atoms with van der Waals surface area (Å²) < 4.78 is 24.5. The first-order chi connectivity index (χ1) is 16.5. The molecule has 0 atom stereocenters. The van der Waals surface area contributed by atoms with E-state index >= 15 is 0 Å². The molecule has 1 aliphatic heterocycles. The van der Waals surface area contributed by atoms with E-state index < -0.39 is 11.1 Å². The first kappa shape index (κ1) is 23.1. The number of nitrogens with zero attached hydrogens (tertiary/aromatic N) is 2. The Morgan fingerprint density at radius 2 is 1.88 bits per heavy atom. The van der Waals surface area contributed by atoms with Crippen LogP contribution in [0.25, 0.3) is 6.08 Å². The van der Waals surface area contributed by atoms with E-state index in [1.165, 1.54) is 19.2 Å². The smallest absolute Gasteiger partial charge is 0.293 e. The number of thioether (sulfide) groups is 1. The van der Waals surface area contributed by atoms with Gasteiger partial charge in [0.15, 0.2) is 11.5 Å². The molecule has 0 aromatic heterocycles. The van der Waals surface area contributed by atoms with Gasteiger partial charge in [-0.15, -0.1) is 0 Å². The number of amides is 2. The number of benzene rings is 3. The van der Waals surface area contributed by atoms with Crippen LogP contribution in [0, 0.1) is 17.1 Å². The zero-order chi connectivity index (χ0) is 24.1. The normalized spacial score (nSPS) is 14.4. The van der Waals surface area contributed by atoms with Gasteiger partial charge in [-0.3, -0.25) is 14.5 Å². The van der Waals surface area contributed by atoms with Crippen molar-refractivity contribution in [2.45, 2.75) is 13.2 Å². The lowest BCUT2D eigenvalue weighted by atomic mass is 10.1. The van der Waals surface area contributed by atoms with Crippen molar-refractivity contribution in [2.75, 3.05) is 7.11 Å². The molecule has 2 amide bonds. The van der Waals surface area contributed by atoms with Crippen molar-refractivity contribution < 1.29 is 23.5 Å². The highest BCUT2D eigenvalue weighted by molar-refractivity contribution is 8.18. The molecule has 3 aromatic carbocycles. The fourth-order valence-electron chi connectivity index (χ4n) is 3.41. The number of hydrogen-bond acceptors (Lipinski definition) is 6. The first-order valence-corrected chi connectivity index (χ1v) is 11.1. The Morgan fingerprint density at radius 3 is 2.65 bits per heavy atom. The van der Waals surface area contributed by atoms with E-state index in [9.17, 15) is 19.2 Å². The van der Waals surface area contributed by atoms with Crippen LogP contribution >= 0.6 is 11.8 Å². The van der Waals surface area contributed by atoms with Gasteiger partial charge in [-0.05, 0) is 64.9 Å². The molecule has 0 N–H and O–H groups in total. The molecule has 0 unspecified atom stereocenters. The molecule has 1 heterocycles. The zero-order valence-electron chi connectivity index (χ0n) is 18.2. The van der Waals surface area contributed by atoms with E-state index in [0.717, 1.165) is 16.7 Å². The topological polar surface area (TPSA) is 79.6 Å². The summed E-state index contributed by atoms with van der Waals surface area (Å²) in [6.45, 7) is 0.193. The number of methoxy groups -OCH3 is 1. The quantitative estimate of drug-likeness (QED) is 0.420. The average Bonchev–Trinajstić information content (AvgIpc) is 3.10. The van der Waals surface area contributed by atoms with Gasteiger partial charge < -0.3 is 9.47 Å². The van der Waals surface area contributed by atoms with Gasteiger partial charge >= 0.3 is 0 Å². The van der Waals surface area contributed by atoms with E-state index in [0.29, 0.717) is 33.8 Å². The van der Waals surface area contributed by atoms with Crippen LogP contribution < -0.4 is 9.47 Å². The van der Waals surface area contributed by atoms with Gasteiger partial charge in [0.25, 0.3) is 11.1 Å². The summed E-state index contributed by atoms with van der Waals surface area (Å²) in [6, 6.07) is 20.2. The molecule has 0 saturated carbocycles. The first-order valence-electron chi connectivity index (χ1n) is 10.3. The van der Waals surface area contributed by atoms with Crippen molar-refractivity contribution in [3.05, 3.63) is 99.7 Å². The molecule has 0 bridgehead atoms. The van der Waals surface area contributed by atoms with E-state index in [1.54, 1.807) is 60.7 Å². The van der Waals surface area contributed by atoms with Crippen LogP contribution in [0.5, 0.6) is 11.5 Å². The number of hydrogen-bond donors (Lipinski definition) is 0. The number of carbonyl (C=O) groups excluding carboxylic acids is 2. The number of halogens is 1. The lowest BCUT2D eigenvalue weighted by Gasteiger charge is -2.13. The fraction of sp³-hybridized carbons (Fsp3) is 0.115. The highest BCUT2D eigenvalue weighted by Gasteiger charge is 2.35. The molecule has 3 aromatic rings. The van der Waals surface area contributed by atoms with Crippen molar-refractivity contribution in [1.29, 1.82) is 5.26 Å². The molecular formula is C26H19FN2O4S. The third kappa shape index (κ3) is 5.11. The molecule has 1 fully saturated rings. The van der Waals surface area contributed by atoms with Gasteiger partial charge in [0, 0.05) is 0 Å². The Kier molecular flexibility index (Phi) is 6.95. The summed E-state index contributed by atoms with van der Waals surface area (Å²) >= 11 is 0.844. The van der Waals surface area contributed by atoms with Crippen LogP contribution in [0.1, 0.15) is 22.3 Å². The molecule has 8 heteroatoms. The summed E-state index contributed by atoms with van der Waals surface area (Å²) in [5.74, 6) is 0.138. The highest BCUT2D eigenvalue weighted by Crippen LogP contribution is 2.35. The van der Waals surface area contributed by atoms with Gasteiger partial charge in [0.2, 0.25) is 0 Å². The number of rotatable bonds is 7. The highest BCUT2D eigenvalue weighted by atomic mass is 32.2. The van der Waals surface area contributed by atoms with Crippen molar-refractivity contribution in [1.82, 2.24) is 4.90 Å². The van der Waals surface area contributed by atoms with Gasteiger partial charge in [0.05, 0.1) is 30.2 Å². The molecule has 0 spiro atoms. The minimum absolute atomic E-state index is 0.0297. The number of nitriles is 1. The second kappa shape index (κ2) is 10.2. The lowest BCUT2D eigenvalue weighted by Crippen LogP contribution is -2.27. The van der Waals surface area contributed by atoms with Crippen LogP contribution in [0.2, 0.25) is 0 Å². The standard InChI is InChI=1S/C26H19FN2O4S/c1-32-23-12-17(9-10-22(23)33-16-18-5-4-8-21(27)11-18)13-24-25(30)29(26(31)34-24)15-20-7-3-2-6-19(20)14-28/h2-13H,15-16H2,1H3/b24-13+. The van der Waals surface area contributed by atoms with Crippen molar-refractivity contribution in [3.63, 3.8) is 0 Å². The van der Waals surface area contributed by atoms with Gasteiger partial charge in [-0.25, -0.2) is 4.39 Å². The predicted octanol–water partition coefficient (Wildman–Crippen LogP) is 5.52. The maximum absolute atomic E-state index is 13.4. The van der Waals surface area contributed by atoms with E-state index in [1.807, 2.05) is 0 Å². The molecule has 6 nitrogen and oxygen atoms in total. The molecule has 1 aliphatic rings. The number of carbonyl (C=O) groups is 2. The van der Waals surface area contributed by atoms with Crippen molar-refractivity contribution in [2.24, 2.45) is 0 Å². The molecule has 0 aliphatic carbocycles. The van der Waals surface area contributed by atoms with E-state index in [-0.39, 0.29) is 23.9 Å². The Hall–Kier alpha value is -4.09. The number of imide groups is 1. The lowest BCUT2D eigenvalue weighted by molar-refractivity contribution is -0.123. The minimum Gasteiger partial charge on any atom is -0.493 e. The maximum Gasteiger partial charge on any atom is 0.293 e. The largest absolute Gasteiger partial charge is 0.493 e. The monoisotopic (exact) mass is 474 g/mol. The Morgan fingerprint density at radius 1 is 1.06 bits per heavy atom. The zero-order valence-corrected chi connectivity index (χ0v) is 19.0. The summed E-state index contributed by atoms with van der Waals surface area (Å²) in [4.78, 5) is 26.8. The SMILES string of the molecule is COc1cc(/C=C2/SC(=O)N(Cc3ccccc3C#N)C2=O)ccc1OCc1cccc(F)c1. The average molecular weight is 475 g/mol. The van der Waals surface area contributed by atoms with Crippen LogP contribution in [0.15, 0.2) is 71.6 Å². The van der Waals surface area contributed by atoms with Crippen LogP contribution in [0.3, 0.4) is 0 Å². The van der Waals surface area contributed by atoms with Crippen molar-refractivity contribution >= 4 is 29.0 Å². The fourth-order valence-corrected chi connectivity index (χ4v) is 4.24. The Bertz CT molecular complexity index is 1330. The maximum atomic E-state index is 13.4. The van der Waals surface area contributed by atoms with Crippen molar-refractivity contribution in [3.8, 4) is 17.6 Å². The summed E-state index contributed by atoms with van der Waals surface area (Å²) in [5.41, 5.74) is 2.36. The summed E-state index contributed by atoms with van der Waals surface area (Å²) in [6.07, 6.45) is 1.61. The summed E-state index contributed by atoms with van der Waals surface area (Å²) in [7, 11) is 1.49. The molecule has 170 valence electrons. The Labute approximate surface area is 200 Å². The van der Waals surface area contributed by atoms with E-state index in [4.69, 9.17) is 9.47 Å². The van der Waals surface area contributed by atoms with Gasteiger partial charge in [-0.2, -0.15) is 5.26 Å². The second-order valence-electron chi connectivity index (χ2n) is 7.37. The van der Waals surface area contributed by atoms with E-state index in [2.05, 4.69) is 6.07 Å². The predicted molar refractivity (Wildman–Crippen MR) is 126 cm³/mol. The molecular weight excluding hydrogens is 455 g/mol. The molecule has 4 rings (SSSR count). The molecule has 0 radical (unpaired) electrons. The Balaban J connectivity index is 1.50. The number of ether oxygens (including phenoxy) is 2.